The summed E-state index contributed by atoms with van der Waals surface area (Å²) in [5, 5.41) is 3.20. The predicted octanol–water partition coefficient (Wildman–Crippen LogP) is 0.0678. The van der Waals surface area contributed by atoms with Crippen molar-refractivity contribution in [2.24, 2.45) is 5.92 Å². The first-order chi connectivity index (χ1) is 6.66. The van der Waals surface area contributed by atoms with Gasteiger partial charge in [0.15, 0.2) is 0 Å². The van der Waals surface area contributed by atoms with E-state index in [2.05, 4.69) is 10.0 Å². The van der Waals surface area contributed by atoms with Crippen LogP contribution in [-0.2, 0) is 10.0 Å². The summed E-state index contributed by atoms with van der Waals surface area (Å²) >= 11 is 0. The first kappa shape index (κ1) is 10.4. The third-order valence-corrected chi connectivity index (χ3v) is 4.40. The summed E-state index contributed by atoms with van der Waals surface area (Å²) in [4.78, 5) is 0. The molecule has 0 unspecified atom stereocenters. The van der Waals surface area contributed by atoms with Crippen molar-refractivity contribution in [1.82, 2.24) is 10.0 Å². The van der Waals surface area contributed by atoms with E-state index >= 15 is 0 Å². The maximum Gasteiger partial charge on any atom is 0.212 e. The van der Waals surface area contributed by atoms with Crippen LogP contribution in [0.1, 0.15) is 25.7 Å². The summed E-state index contributed by atoms with van der Waals surface area (Å²) in [5.74, 6) is 0.771. The Morgan fingerprint density at radius 2 is 2.07 bits per heavy atom. The van der Waals surface area contributed by atoms with Gasteiger partial charge in [0.2, 0.25) is 10.0 Å². The standard InChI is InChI=1S/C9H18N2O2S/c12-14(13,7-8-3-4-8)11-9-2-1-5-10-6-9/h8-11H,1-7H2/t9-/m0/s1. The predicted molar refractivity (Wildman–Crippen MR) is 55.5 cm³/mol. The van der Waals surface area contributed by atoms with Gasteiger partial charge in [-0.1, -0.05) is 0 Å². The van der Waals surface area contributed by atoms with Gasteiger partial charge in [-0.05, 0) is 38.1 Å². The van der Waals surface area contributed by atoms with Crippen molar-refractivity contribution in [2.45, 2.75) is 31.7 Å². The van der Waals surface area contributed by atoms with Crippen LogP contribution in [0.3, 0.4) is 0 Å². The molecule has 5 heteroatoms. The van der Waals surface area contributed by atoms with Crippen molar-refractivity contribution in [3.05, 3.63) is 0 Å². The van der Waals surface area contributed by atoms with Crippen LogP contribution in [0, 0.1) is 5.92 Å². The smallest absolute Gasteiger partial charge is 0.212 e. The fraction of sp³-hybridized carbons (Fsp3) is 1.00. The number of rotatable bonds is 4. The normalized spacial score (nSPS) is 29.0. The van der Waals surface area contributed by atoms with E-state index in [-0.39, 0.29) is 6.04 Å². The minimum Gasteiger partial charge on any atom is -0.315 e. The van der Waals surface area contributed by atoms with Crippen LogP contribution in [0.5, 0.6) is 0 Å². The molecule has 1 atom stereocenters. The molecule has 82 valence electrons. The molecule has 1 aliphatic carbocycles. The van der Waals surface area contributed by atoms with Crippen molar-refractivity contribution >= 4 is 10.0 Å². The molecule has 0 bridgehead atoms. The topological polar surface area (TPSA) is 58.2 Å². The van der Waals surface area contributed by atoms with Crippen LogP contribution in [0.15, 0.2) is 0 Å². The highest BCUT2D eigenvalue weighted by Gasteiger charge is 2.29. The zero-order chi connectivity index (χ0) is 10.0. The quantitative estimate of drug-likeness (QED) is 0.702. The van der Waals surface area contributed by atoms with E-state index < -0.39 is 10.0 Å². The number of piperidine rings is 1. The Kier molecular flexibility index (Phi) is 3.09. The van der Waals surface area contributed by atoms with Crippen molar-refractivity contribution in [3.63, 3.8) is 0 Å². The third kappa shape index (κ3) is 3.22. The molecule has 0 aromatic carbocycles. The van der Waals surface area contributed by atoms with E-state index in [1.807, 2.05) is 0 Å². The number of hydrogen-bond donors (Lipinski definition) is 2. The largest absolute Gasteiger partial charge is 0.315 e. The van der Waals surface area contributed by atoms with E-state index in [9.17, 15) is 8.42 Å². The lowest BCUT2D eigenvalue weighted by molar-refractivity contribution is 0.428. The lowest BCUT2D eigenvalue weighted by Crippen LogP contribution is -2.46. The number of nitrogens with one attached hydrogen (secondary N) is 2. The summed E-state index contributed by atoms with van der Waals surface area (Å²) in [6.07, 6.45) is 4.21. The maximum absolute atomic E-state index is 11.6. The Morgan fingerprint density at radius 3 is 2.64 bits per heavy atom. The molecule has 0 spiro atoms. The molecule has 0 aromatic heterocycles. The molecular weight excluding hydrogens is 200 g/mol. The van der Waals surface area contributed by atoms with Gasteiger partial charge in [0.1, 0.15) is 0 Å². The highest BCUT2D eigenvalue weighted by molar-refractivity contribution is 7.89. The molecule has 4 nitrogen and oxygen atoms in total. The Bertz CT molecular complexity index is 279. The highest BCUT2D eigenvalue weighted by Crippen LogP contribution is 2.30. The van der Waals surface area contributed by atoms with Gasteiger partial charge in [-0.2, -0.15) is 0 Å². The summed E-state index contributed by atoms with van der Waals surface area (Å²) in [7, 11) is -3.01. The SMILES string of the molecule is O=S(=O)(CC1CC1)N[C@H]1CCCNC1. The van der Waals surface area contributed by atoms with E-state index in [0.717, 1.165) is 38.8 Å². The molecule has 2 fully saturated rings. The number of hydrogen-bond acceptors (Lipinski definition) is 3. The Labute approximate surface area is 85.5 Å². The number of sulfonamides is 1. The summed E-state index contributed by atoms with van der Waals surface area (Å²) in [6, 6.07) is 0.118. The van der Waals surface area contributed by atoms with Crippen molar-refractivity contribution in [1.29, 1.82) is 0 Å². The van der Waals surface area contributed by atoms with Gasteiger partial charge < -0.3 is 5.32 Å². The van der Waals surface area contributed by atoms with Crippen LogP contribution in [0.4, 0.5) is 0 Å². The lowest BCUT2D eigenvalue weighted by Gasteiger charge is -2.23. The van der Waals surface area contributed by atoms with Crippen molar-refractivity contribution < 1.29 is 8.42 Å². The van der Waals surface area contributed by atoms with Crippen LogP contribution in [0.2, 0.25) is 0 Å². The minimum atomic E-state index is -3.01. The molecule has 2 N–H and O–H groups in total. The highest BCUT2D eigenvalue weighted by atomic mass is 32.2. The molecule has 0 amide bonds. The van der Waals surface area contributed by atoms with Crippen LogP contribution in [0.25, 0.3) is 0 Å². The van der Waals surface area contributed by atoms with Gasteiger partial charge >= 0.3 is 0 Å². The summed E-state index contributed by atoms with van der Waals surface area (Å²) in [6.45, 7) is 1.80. The van der Waals surface area contributed by atoms with E-state index in [0.29, 0.717) is 11.7 Å². The summed E-state index contributed by atoms with van der Waals surface area (Å²) in [5.41, 5.74) is 0. The zero-order valence-electron chi connectivity index (χ0n) is 8.33. The van der Waals surface area contributed by atoms with Crippen LogP contribution < -0.4 is 10.0 Å². The van der Waals surface area contributed by atoms with Gasteiger partial charge in [-0.3, -0.25) is 0 Å². The molecule has 14 heavy (non-hydrogen) atoms. The molecule has 2 aliphatic rings. The first-order valence-corrected chi connectivity index (χ1v) is 7.02. The molecule has 2 rings (SSSR count). The van der Waals surface area contributed by atoms with Gasteiger partial charge in [0.05, 0.1) is 5.75 Å². The fourth-order valence-corrected chi connectivity index (χ4v) is 3.61. The molecule has 0 radical (unpaired) electrons. The minimum absolute atomic E-state index is 0.118. The van der Waals surface area contributed by atoms with Crippen LogP contribution >= 0.6 is 0 Å². The third-order valence-electron chi connectivity index (χ3n) is 2.80. The average molecular weight is 218 g/mol. The van der Waals surface area contributed by atoms with Gasteiger partial charge in [0.25, 0.3) is 0 Å². The monoisotopic (exact) mass is 218 g/mol. The maximum atomic E-state index is 11.6. The second kappa shape index (κ2) is 4.16. The van der Waals surface area contributed by atoms with Gasteiger partial charge in [0, 0.05) is 12.6 Å². The molecule has 1 saturated heterocycles. The molecule has 0 aromatic rings. The second-order valence-corrected chi connectivity index (χ2v) is 6.18. The molecule has 1 aliphatic heterocycles. The molecule has 1 heterocycles. The van der Waals surface area contributed by atoms with E-state index in [1.54, 1.807) is 0 Å². The second-order valence-electron chi connectivity index (χ2n) is 4.39. The van der Waals surface area contributed by atoms with Crippen molar-refractivity contribution in [3.8, 4) is 0 Å². The summed E-state index contributed by atoms with van der Waals surface area (Å²) < 4.78 is 26.0. The van der Waals surface area contributed by atoms with Crippen molar-refractivity contribution in [2.75, 3.05) is 18.8 Å². The molecular formula is C9H18N2O2S. The Morgan fingerprint density at radius 1 is 1.29 bits per heavy atom. The van der Waals surface area contributed by atoms with Gasteiger partial charge in [-0.25, -0.2) is 13.1 Å². The lowest BCUT2D eigenvalue weighted by atomic mass is 10.1. The molecule has 1 saturated carbocycles. The van der Waals surface area contributed by atoms with E-state index in [1.165, 1.54) is 0 Å². The fourth-order valence-electron chi connectivity index (χ4n) is 1.85. The van der Waals surface area contributed by atoms with E-state index in [4.69, 9.17) is 0 Å². The van der Waals surface area contributed by atoms with Crippen LogP contribution in [-0.4, -0.2) is 33.3 Å². The average Bonchev–Trinajstić information content (AvgIpc) is 2.88. The Balaban J connectivity index is 1.81. The van der Waals surface area contributed by atoms with Gasteiger partial charge in [-0.15, -0.1) is 0 Å². The zero-order valence-corrected chi connectivity index (χ0v) is 9.15. The Hall–Kier alpha value is -0.130. The first-order valence-electron chi connectivity index (χ1n) is 5.36.